The molecule has 8 nitrogen and oxygen atoms in total. The Morgan fingerprint density at radius 3 is 2.17 bits per heavy atom. The lowest BCUT2D eigenvalue weighted by molar-refractivity contribution is -0.384. The van der Waals surface area contributed by atoms with Crippen molar-refractivity contribution in [2.45, 2.75) is 43.9 Å². The van der Waals surface area contributed by atoms with E-state index in [-0.39, 0.29) is 16.7 Å². The van der Waals surface area contributed by atoms with Gasteiger partial charge in [0, 0.05) is 12.1 Å². The van der Waals surface area contributed by atoms with Crippen LogP contribution in [-0.2, 0) is 15.0 Å². The van der Waals surface area contributed by atoms with Crippen LogP contribution in [-0.4, -0.2) is 22.8 Å². The maximum atomic E-state index is 13.2. The molecule has 0 unspecified atom stereocenters. The summed E-state index contributed by atoms with van der Waals surface area (Å²) < 4.78 is 0. The summed E-state index contributed by atoms with van der Waals surface area (Å²) in [4.78, 5) is 49.8. The largest absolute Gasteiger partial charge is 0.335 e. The molecule has 178 valence electrons. The third-order valence-corrected chi connectivity index (χ3v) is 8.27. The second-order valence-electron chi connectivity index (χ2n) is 10.6. The number of nitrogens with zero attached hydrogens (tertiary/aromatic N) is 2. The zero-order valence-electron chi connectivity index (χ0n) is 19.1. The van der Waals surface area contributed by atoms with Crippen molar-refractivity contribution in [2.75, 3.05) is 4.90 Å². The highest BCUT2D eigenvalue weighted by molar-refractivity contribution is 6.39. The first-order valence-electron chi connectivity index (χ1n) is 12.1. The molecule has 1 saturated heterocycles. The third kappa shape index (κ3) is 3.64. The van der Waals surface area contributed by atoms with Crippen LogP contribution in [0, 0.1) is 27.9 Å². The monoisotopic (exact) mass is 471 g/mol. The summed E-state index contributed by atoms with van der Waals surface area (Å²) >= 11 is 0. The Kier molecular flexibility index (Phi) is 4.88. The Morgan fingerprint density at radius 1 is 0.943 bits per heavy atom. The number of amides is 4. The van der Waals surface area contributed by atoms with Gasteiger partial charge in [-0.25, -0.2) is 9.69 Å². The average Bonchev–Trinajstić information content (AvgIpc) is 2.81. The van der Waals surface area contributed by atoms with Crippen LogP contribution in [0.3, 0.4) is 0 Å². The summed E-state index contributed by atoms with van der Waals surface area (Å²) in [7, 11) is 0. The molecule has 5 aliphatic rings. The molecule has 4 bridgehead atoms. The van der Waals surface area contributed by atoms with Gasteiger partial charge in [-0.15, -0.1) is 0 Å². The van der Waals surface area contributed by atoms with Crippen LogP contribution in [0.1, 0.15) is 49.7 Å². The van der Waals surface area contributed by atoms with E-state index in [0.717, 1.165) is 22.7 Å². The lowest BCUT2D eigenvalue weighted by Crippen LogP contribution is -2.54. The fourth-order valence-corrected chi connectivity index (χ4v) is 7.22. The van der Waals surface area contributed by atoms with Crippen molar-refractivity contribution in [3.8, 4) is 0 Å². The molecular formula is C27H25N3O5. The number of nitro benzene ring substituents is 1. The van der Waals surface area contributed by atoms with E-state index in [1.165, 1.54) is 68.4 Å². The molecule has 0 radical (unpaired) electrons. The van der Waals surface area contributed by atoms with Crippen molar-refractivity contribution >= 4 is 35.3 Å². The molecule has 4 aliphatic carbocycles. The Bertz CT molecular complexity index is 1260. The van der Waals surface area contributed by atoms with Crippen molar-refractivity contribution in [1.29, 1.82) is 0 Å². The van der Waals surface area contributed by atoms with Crippen molar-refractivity contribution in [2.24, 2.45) is 17.8 Å². The number of carbonyl (C=O) groups is 3. The highest BCUT2D eigenvalue weighted by Gasteiger charge is 2.51. The highest BCUT2D eigenvalue weighted by atomic mass is 16.6. The highest BCUT2D eigenvalue weighted by Crippen LogP contribution is 2.60. The number of rotatable bonds is 4. The normalized spacial score (nSPS) is 30.6. The SMILES string of the molecule is O=C1NC(=O)N(c2ccc(C34CC5CC(CC(C5)C3)C4)cc2)C(=O)/C1=C/c1cccc([N+](=O)[O-])c1. The summed E-state index contributed by atoms with van der Waals surface area (Å²) in [6, 6.07) is 12.5. The van der Waals surface area contributed by atoms with E-state index >= 15 is 0 Å². The van der Waals surface area contributed by atoms with E-state index in [0.29, 0.717) is 11.3 Å². The van der Waals surface area contributed by atoms with Crippen LogP contribution in [0.4, 0.5) is 16.2 Å². The number of carbonyl (C=O) groups excluding carboxylic acids is 3. The van der Waals surface area contributed by atoms with Crippen LogP contribution in [0.5, 0.6) is 0 Å². The average molecular weight is 472 g/mol. The number of benzene rings is 2. The minimum atomic E-state index is -0.826. The summed E-state index contributed by atoms with van der Waals surface area (Å²) in [5.41, 5.74) is 1.77. The van der Waals surface area contributed by atoms with Gasteiger partial charge in [-0.1, -0.05) is 24.3 Å². The van der Waals surface area contributed by atoms with Gasteiger partial charge in [0.1, 0.15) is 5.57 Å². The Morgan fingerprint density at radius 2 is 1.57 bits per heavy atom. The molecule has 0 aromatic heterocycles. The number of hydrogen-bond acceptors (Lipinski definition) is 5. The number of non-ortho nitro benzene ring substituents is 1. The molecule has 1 heterocycles. The topological polar surface area (TPSA) is 110 Å². The van der Waals surface area contributed by atoms with Gasteiger partial charge in [0.15, 0.2) is 0 Å². The maximum absolute atomic E-state index is 13.2. The zero-order valence-corrected chi connectivity index (χ0v) is 19.1. The van der Waals surface area contributed by atoms with Crippen LogP contribution >= 0.6 is 0 Å². The van der Waals surface area contributed by atoms with E-state index in [9.17, 15) is 24.5 Å². The van der Waals surface area contributed by atoms with E-state index in [1.54, 1.807) is 18.2 Å². The number of urea groups is 1. The molecule has 1 N–H and O–H groups in total. The fourth-order valence-electron chi connectivity index (χ4n) is 7.22. The minimum absolute atomic E-state index is 0.156. The lowest BCUT2D eigenvalue weighted by Gasteiger charge is -2.57. The Hall–Kier alpha value is -3.81. The second-order valence-corrected chi connectivity index (χ2v) is 10.6. The van der Waals surface area contributed by atoms with Crippen molar-refractivity contribution in [3.63, 3.8) is 0 Å². The van der Waals surface area contributed by atoms with Crippen LogP contribution in [0.2, 0.25) is 0 Å². The first-order chi connectivity index (χ1) is 16.8. The summed E-state index contributed by atoms with van der Waals surface area (Å²) in [6.45, 7) is 0. The van der Waals surface area contributed by atoms with Gasteiger partial charge >= 0.3 is 6.03 Å². The maximum Gasteiger partial charge on any atom is 0.335 e. The Labute approximate surface area is 202 Å². The molecule has 4 saturated carbocycles. The van der Waals surface area contributed by atoms with Crippen molar-refractivity contribution in [3.05, 3.63) is 75.3 Å². The van der Waals surface area contributed by atoms with Gasteiger partial charge in [0.25, 0.3) is 17.5 Å². The number of nitrogens with one attached hydrogen (secondary N) is 1. The van der Waals surface area contributed by atoms with Gasteiger partial charge in [-0.3, -0.25) is 25.0 Å². The van der Waals surface area contributed by atoms with Gasteiger partial charge in [0.05, 0.1) is 10.6 Å². The van der Waals surface area contributed by atoms with Gasteiger partial charge in [-0.05, 0) is 91.0 Å². The van der Waals surface area contributed by atoms with Crippen molar-refractivity contribution < 1.29 is 19.3 Å². The molecule has 2 aromatic rings. The molecule has 0 atom stereocenters. The molecule has 1 aliphatic heterocycles. The van der Waals surface area contributed by atoms with Gasteiger partial charge < -0.3 is 0 Å². The number of imide groups is 2. The lowest BCUT2D eigenvalue weighted by atomic mass is 9.48. The third-order valence-electron chi connectivity index (χ3n) is 8.27. The second kappa shape index (κ2) is 7.86. The summed E-state index contributed by atoms with van der Waals surface area (Å²) in [6.07, 6.45) is 8.98. The van der Waals surface area contributed by atoms with Crippen molar-refractivity contribution in [1.82, 2.24) is 5.32 Å². The smallest absolute Gasteiger partial charge is 0.273 e. The number of nitro groups is 1. The van der Waals surface area contributed by atoms with Crippen LogP contribution < -0.4 is 10.2 Å². The van der Waals surface area contributed by atoms with Crippen LogP contribution in [0.15, 0.2) is 54.1 Å². The predicted molar refractivity (Wildman–Crippen MR) is 128 cm³/mol. The Balaban J connectivity index is 1.29. The first kappa shape index (κ1) is 21.7. The summed E-state index contributed by atoms with van der Waals surface area (Å²) in [5, 5.41) is 13.3. The van der Waals surface area contributed by atoms with E-state index in [1.807, 2.05) is 12.1 Å². The van der Waals surface area contributed by atoms with Gasteiger partial charge in [-0.2, -0.15) is 0 Å². The number of anilines is 1. The zero-order chi connectivity index (χ0) is 24.3. The molecular weight excluding hydrogens is 446 g/mol. The molecule has 7 rings (SSSR count). The standard InChI is InChI=1S/C27H25N3O5/c31-24-23(12-16-2-1-3-22(11-16)30(34)35)25(32)29(26(33)28-24)21-6-4-20(5-7-21)27-13-17-8-18(14-27)10-19(9-17)15-27/h1-7,11-12,17-19H,8-10,13-15H2,(H,28,31,33)/b23-12+. The van der Waals surface area contributed by atoms with Crippen LogP contribution in [0.25, 0.3) is 6.08 Å². The minimum Gasteiger partial charge on any atom is -0.273 e. The molecule has 0 spiro atoms. The predicted octanol–water partition coefficient (Wildman–Crippen LogP) is 4.73. The molecule has 2 aromatic carbocycles. The van der Waals surface area contributed by atoms with E-state index < -0.39 is 22.8 Å². The molecule has 35 heavy (non-hydrogen) atoms. The fraction of sp³-hybridized carbons (Fsp3) is 0.370. The number of barbiturate groups is 1. The van der Waals surface area contributed by atoms with E-state index in [2.05, 4.69) is 5.32 Å². The van der Waals surface area contributed by atoms with E-state index in [4.69, 9.17) is 0 Å². The number of hydrogen-bond donors (Lipinski definition) is 1. The quantitative estimate of drug-likeness (QED) is 0.300. The van der Waals surface area contributed by atoms with Gasteiger partial charge in [0.2, 0.25) is 0 Å². The molecule has 5 fully saturated rings. The molecule has 4 amide bonds. The molecule has 8 heteroatoms. The first-order valence-corrected chi connectivity index (χ1v) is 12.1. The summed E-state index contributed by atoms with van der Waals surface area (Å²) in [5.74, 6) is 0.842.